The van der Waals surface area contributed by atoms with E-state index in [1.54, 1.807) is 13.0 Å². The van der Waals surface area contributed by atoms with Crippen molar-refractivity contribution in [3.05, 3.63) is 59.4 Å². The highest BCUT2D eigenvalue weighted by Crippen LogP contribution is 2.49. The largest absolute Gasteiger partial charge is 0.501 e. The zero-order valence-corrected chi connectivity index (χ0v) is 26.0. The molecule has 14 heteroatoms. The molecule has 0 aromatic heterocycles. The van der Waals surface area contributed by atoms with Crippen molar-refractivity contribution >= 4 is 38.9 Å². The molecule has 248 valence electrons. The van der Waals surface area contributed by atoms with Gasteiger partial charge in [0.15, 0.2) is 0 Å². The molecule has 2 bridgehead atoms. The molecule has 46 heavy (non-hydrogen) atoms. The fourth-order valence-corrected chi connectivity index (χ4v) is 7.71. The van der Waals surface area contributed by atoms with Crippen molar-refractivity contribution in [1.29, 1.82) is 0 Å². The van der Waals surface area contributed by atoms with Gasteiger partial charge >= 0.3 is 11.5 Å². The second-order valence-corrected chi connectivity index (χ2v) is 13.8. The van der Waals surface area contributed by atoms with Crippen molar-refractivity contribution in [2.45, 2.75) is 61.9 Å². The number of allylic oxidation sites excluding steroid dienone is 2. The third-order valence-corrected chi connectivity index (χ3v) is 10.6. The Bertz CT molecular complexity index is 1670. The molecule has 2 fully saturated rings. The molecule has 1 unspecified atom stereocenters. The number of hydrogen-bond donors (Lipinski definition) is 2. The third-order valence-electron chi connectivity index (χ3n) is 9.14. The zero-order valence-electron chi connectivity index (χ0n) is 25.2. The first-order chi connectivity index (χ1) is 21.7. The number of fused-ring (bicyclic) bond motifs is 2. The van der Waals surface area contributed by atoms with E-state index in [4.69, 9.17) is 9.47 Å². The number of alkyl halides is 3. The third kappa shape index (κ3) is 6.49. The predicted octanol–water partition coefficient (Wildman–Crippen LogP) is 5.66. The number of amides is 2. The number of anilines is 1. The van der Waals surface area contributed by atoms with Gasteiger partial charge < -0.3 is 20.1 Å². The SMILES string of the molecule is CCOC(=O)C1CC=C(c2cc(C(=O)N[C@@H]3[C@H]4CC[C@H](C4)[C@@H]3C(=O)Nc3cccc(S(=O)(=O)C(F)(F)F)c3)c(OC)cc2F)CC1. The fourth-order valence-electron chi connectivity index (χ4n) is 6.91. The number of nitrogens with one attached hydrogen (secondary N) is 2. The van der Waals surface area contributed by atoms with E-state index in [0.29, 0.717) is 37.7 Å². The molecule has 2 saturated carbocycles. The van der Waals surface area contributed by atoms with Crippen LogP contribution in [0.3, 0.4) is 0 Å². The Morgan fingerprint density at radius 2 is 1.78 bits per heavy atom. The monoisotopic (exact) mass is 666 g/mol. The number of hydrogen-bond acceptors (Lipinski definition) is 7. The van der Waals surface area contributed by atoms with E-state index in [1.165, 1.54) is 19.2 Å². The van der Waals surface area contributed by atoms with Crippen LogP contribution >= 0.6 is 0 Å². The van der Waals surface area contributed by atoms with Crippen molar-refractivity contribution < 1.29 is 49.8 Å². The summed E-state index contributed by atoms with van der Waals surface area (Å²) in [6.07, 6.45) is 5.10. The van der Waals surface area contributed by atoms with Crippen LogP contribution in [0.1, 0.15) is 61.4 Å². The summed E-state index contributed by atoms with van der Waals surface area (Å²) in [6, 6.07) is 5.82. The number of ether oxygens (including phenoxy) is 2. The van der Waals surface area contributed by atoms with Crippen molar-refractivity contribution in [3.63, 3.8) is 0 Å². The summed E-state index contributed by atoms with van der Waals surface area (Å²) < 4.78 is 88.6. The highest BCUT2D eigenvalue weighted by Gasteiger charge is 2.52. The van der Waals surface area contributed by atoms with Gasteiger partial charge in [0, 0.05) is 23.4 Å². The Morgan fingerprint density at radius 1 is 1.04 bits per heavy atom. The second kappa shape index (κ2) is 13.0. The van der Waals surface area contributed by atoms with Gasteiger partial charge in [-0.3, -0.25) is 14.4 Å². The minimum Gasteiger partial charge on any atom is -0.496 e. The lowest BCUT2D eigenvalue weighted by atomic mass is 9.83. The molecule has 2 aromatic carbocycles. The number of halogens is 4. The average molecular weight is 667 g/mol. The Balaban J connectivity index is 1.35. The summed E-state index contributed by atoms with van der Waals surface area (Å²) in [4.78, 5) is 38.3. The molecule has 5 rings (SSSR count). The maximum atomic E-state index is 15.2. The number of sulfone groups is 1. The van der Waals surface area contributed by atoms with Gasteiger partial charge in [-0.15, -0.1) is 0 Å². The number of rotatable bonds is 9. The normalized spacial score (nSPS) is 24.2. The quantitative estimate of drug-likeness (QED) is 0.261. The smallest absolute Gasteiger partial charge is 0.496 e. The number of benzene rings is 2. The van der Waals surface area contributed by atoms with E-state index in [1.807, 2.05) is 0 Å². The lowest BCUT2D eigenvalue weighted by molar-refractivity contribution is -0.148. The number of esters is 1. The zero-order chi connectivity index (χ0) is 33.4. The van der Waals surface area contributed by atoms with Gasteiger partial charge in [0.25, 0.3) is 15.7 Å². The number of methoxy groups -OCH3 is 1. The van der Waals surface area contributed by atoms with Crippen LogP contribution in [0.25, 0.3) is 5.57 Å². The molecular weight excluding hydrogens is 632 g/mol. The standard InChI is InChI=1S/C32H34F4N2O7S/c1-3-45-31(41)18-9-7-17(8-10-18)23-15-24(26(44-2)16-25(23)33)29(39)38-28-20-12-11-19(13-20)27(28)30(40)37-21-5-4-6-22(14-21)46(42,43)32(34,35)36/h4-7,14-16,18-20,27-28H,3,8-13H2,1-2H3,(H,37,40)(H,38,39)/t18?,19-,20+,27+,28-/m1/s1. The molecule has 5 atom stereocenters. The van der Waals surface area contributed by atoms with Gasteiger partial charge in [-0.2, -0.15) is 13.2 Å². The molecule has 0 saturated heterocycles. The summed E-state index contributed by atoms with van der Waals surface area (Å²) in [5.74, 6) is -3.29. The molecule has 3 aliphatic rings. The van der Waals surface area contributed by atoms with E-state index < -0.39 is 49.8 Å². The summed E-state index contributed by atoms with van der Waals surface area (Å²) in [5, 5.41) is 5.47. The molecule has 2 N–H and O–H groups in total. The van der Waals surface area contributed by atoms with Crippen LogP contribution in [0.2, 0.25) is 0 Å². The van der Waals surface area contributed by atoms with E-state index >= 15 is 4.39 Å². The van der Waals surface area contributed by atoms with Gasteiger partial charge in [-0.1, -0.05) is 12.1 Å². The van der Waals surface area contributed by atoms with Gasteiger partial charge in [0.1, 0.15) is 11.6 Å². The summed E-state index contributed by atoms with van der Waals surface area (Å²) in [6.45, 7) is 1.99. The first-order valence-corrected chi connectivity index (χ1v) is 16.5. The Labute approximate surface area is 263 Å². The molecule has 0 spiro atoms. The Hall–Kier alpha value is -3.94. The Kier molecular flexibility index (Phi) is 9.48. The van der Waals surface area contributed by atoms with Crippen molar-refractivity contribution in [2.75, 3.05) is 19.0 Å². The molecule has 0 aliphatic heterocycles. The molecule has 0 radical (unpaired) electrons. The number of carbonyl (C=O) groups is 3. The highest BCUT2D eigenvalue weighted by atomic mass is 32.2. The molecule has 9 nitrogen and oxygen atoms in total. The summed E-state index contributed by atoms with van der Waals surface area (Å²) >= 11 is 0. The average Bonchev–Trinajstić information content (AvgIpc) is 3.63. The second-order valence-electron chi connectivity index (χ2n) is 11.8. The lowest BCUT2D eigenvalue weighted by Gasteiger charge is -2.31. The molecule has 3 aliphatic carbocycles. The van der Waals surface area contributed by atoms with E-state index in [-0.39, 0.29) is 52.9 Å². The first-order valence-electron chi connectivity index (χ1n) is 15.0. The number of carbonyl (C=O) groups excluding carboxylic acids is 3. The summed E-state index contributed by atoms with van der Waals surface area (Å²) in [7, 11) is -4.32. The minimum atomic E-state index is -5.62. The van der Waals surface area contributed by atoms with Crippen LogP contribution < -0.4 is 15.4 Å². The maximum absolute atomic E-state index is 15.2. The van der Waals surface area contributed by atoms with Crippen LogP contribution in [0.15, 0.2) is 47.4 Å². The fraction of sp³-hybridized carbons (Fsp3) is 0.469. The topological polar surface area (TPSA) is 128 Å². The summed E-state index contributed by atoms with van der Waals surface area (Å²) in [5.41, 5.74) is -4.74. The van der Waals surface area contributed by atoms with Crippen LogP contribution in [-0.4, -0.2) is 51.5 Å². The van der Waals surface area contributed by atoms with Gasteiger partial charge in [0.2, 0.25) is 5.91 Å². The van der Waals surface area contributed by atoms with Crippen LogP contribution in [0.4, 0.5) is 23.2 Å². The van der Waals surface area contributed by atoms with Crippen molar-refractivity contribution in [3.8, 4) is 5.75 Å². The van der Waals surface area contributed by atoms with E-state index in [2.05, 4.69) is 10.6 Å². The maximum Gasteiger partial charge on any atom is 0.501 e. The van der Waals surface area contributed by atoms with E-state index in [9.17, 15) is 36.0 Å². The van der Waals surface area contributed by atoms with Gasteiger partial charge in [0.05, 0.1) is 36.0 Å². The molecule has 0 heterocycles. The minimum absolute atomic E-state index is 0.00796. The lowest BCUT2D eigenvalue weighted by Crippen LogP contribution is -2.48. The van der Waals surface area contributed by atoms with E-state index in [0.717, 1.165) is 30.7 Å². The van der Waals surface area contributed by atoms with Crippen LogP contribution in [0, 0.1) is 29.5 Å². The first kappa shape index (κ1) is 33.4. The van der Waals surface area contributed by atoms with Crippen molar-refractivity contribution in [1.82, 2.24) is 5.32 Å². The highest BCUT2D eigenvalue weighted by molar-refractivity contribution is 7.92. The molecular formula is C32H34F4N2O7S. The molecule has 2 aromatic rings. The Morgan fingerprint density at radius 3 is 2.43 bits per heavy atom. The predicted molar refractivity (Wildman–Crippen MR) is 159 cm³/mol. The van der Waals surface area contributed by atoms with Crippen molar-refractivity contribution in [2.24, 2.45) is 23.7 Å². The molecule has 2 amide bonds. The van der Waals surface area contributed by atoms with Crippen LogP contribution in [-0.2, 0) is 24.2 Å². The van der Waals surface area contributed by atoms with Crippen LogP contribution in [0.5, 0.6) is 5.75 Å². The van der Waals surface area contributed by atoms with Gasteiger partial charge in [-0.05, 0) is 87.1 Å². The van der Waals surface area contributed by atoms with Gasteiger partial charge in [-0.25, -0.2) is 12.8 Å².